The van der Waals surface area contributed by atoms with Gasteiger partial charge in [0.25, 0.3) is 0 Å². The number of rotatable bonds is 10. The molecule has 0 saturated carbocycles. The Bertz CT molecular complexity index is 1010. The molecule has 1 N–H and O–H groups in total. The molecular weight excluding hydrogens is 473 g/mol. The normalized spacial score (nSPS) is 14.1. The first-order valence-corrected chi connectivity index (χ1v) is 11.9. The molecule has 0 aliphatic heterocycles. The van der Waals surface area contributed by atoms with Gasteiger partial charge in [-0.05, 0) is 76.8 Å². The summed E-state index contributed by atoms with van der Waals surface area (Å²) in [5.74, 6) is -0.763. The highest BCUT2D eigenvalue weighted by molar-refractivity contribution is 6.30. The van der Waals surface area contributed by atoms with E-state index in [1.54, 1.807) is 52.8 Å². The number of benzene rings is 2. The smallest absolute Gasteiger partial charge is 0.407 e. The predicted octanol–water partition coefficient (Wildman–Crippen LogP) is 6.19. The molecule has 0 unspecified atom stereocenters. The van der Waals surface area contributed by atoms with E-state index in [1.807, 2.05) is 12.1 Å². The number of hydrogen-bond donors (Lipinski definition) is 1. The van der Waals surface area contributed by atoms with Crippen molar-refractivity contribution < 1.29 is 28.2 Å². The van der Waals surface area contributed by atoms with E-state index in [1.165, 1.54) is 19.2 Å². The zero-order valence-electron chi connectivity index (χ0n) is 21.2. The number of ether oxygens (including phenoxy) is 3. The average molecular weight is 508 g/mol. The first-order chi connectivity index (χ1) is 16.4. The first kappa shape index (κ1) is 28.6. The number of hydrogen-bond acceptors (Lipinski definition) is 5. The van der Waals surface area contributed by atoms with Crippen LogP contribution in [0.15, 0.2) is 42.5 Å². The van der Waals surface area contributed by atoms with Gasteiger partial charge in [-0.1, -0.05) is 35.9 Å². The van der Waals surface area contributed by atoms with Crippen molar-refractivity contribution in [3.63, 3.8) is 0 Å². The van der Waals surface area contributed by atoms with Crippen molar-refractivity contribution in [2.24, 2.45) is 5.41 Å². The van der Waals surface area contributed by atoms with Gasteiger partial charge >= 0.3 is 12.1 Å². The average Bonchev–Trinajstić information content (AvgIpc) is 2.75. The fourth-order valence-corrected chi connectivity index (χ4v) is 4.01. The molecule has 0 heterocycles. The largest absolute Gasteiger partial charge is 0.466 e. The summed E-state index contributed by atoms with van der Waals surface area (Å²) < 4.78 is 30.3. The molecule has 0 fully saturated rings. The molecule has 35 heavy (non-hydrogen) atoms. The summed E-state index contributed by atoms with van der Waals surface area (Å²) >= 11 is 6.03. The van der Waals surface area contributed by atoms with Gasteiger partial charge in [-0.15, -0.1) is 0 Å². The molecule has 0 aliphatic carbocycles. The Hall–Kier alpha value is -2.64. The van der Waals surface area contributed by atoms with E-state index < -0.39 is 29.1 Å². The van der Waals surface area contributed by atoms with Crippen LogP contribution in [0.3, 0.4) is 0 Å². The van der Waals surface area contributed by atoms with Gasteiger partial charge in [0.05, 0.1) is 18.6 Å². The van der Waals surface area contributed by atoms with Crippen LogP contribution in [0.2, 0.25) is 5.02 Å². The predicted molar refractivity (Wildman–Crippen MR) is 135 cm³/mol. The monoisotopic (exact) mass is 507 g/mol. The quantitative estimate of drug-likeness (QED) is 0.388. The number of amides is 1. The molecule has 192 valence electrons. The Balaban J connectivity index is 2.29. The van der Waals surface area contributed by atoms with E-state index in [0.717, 1.165) is 5.56 Å². The zero-order valence-corrected chi connectivity index (χ0v) is 22.0. The summed E-state index contributed by atoms with van der Waals surface area (Å²) in [5, 5.41) is 3.34. The van der Waals surface area contributed by atoms with Crippen LogP contribution >= 0.6 is 11.6 Å². The second-order valence-corrected chi connectivity index (χ2v) is 10.2. The van der Waals surface area contributed by atoms with E-state index in [0.29, 0.717) is 22.6 Å². The molecule has 6 nitrogen and oxygen atoms in total. The fraction of sp³-hybridized carbons (Fsp3) is 0.481. The van der Waals surface area contributed by atoms with Gasteiger partial charge in [0.1, 0.15) is 11.4 Å². The van der Waals surface area contributed by atoms with Gasteiger partial charge in [0, 0.05) is 23.7 Å². The Kier molecular flexibility index (Phi) is 10.1. The molecule has 2 atom stereocenters. The summed E-state index contributed by atoms with van der Waals surface area (Å²) in [6.07, 6.45) is 0.101. The molecule has 0 aromatic heterocycles. The molecule has 0 radical (unpaired) electrons. The number of methoxy groups -OCH3 is 1. The van der Waals surface area contributed by atoms with Crippen LogP contribution < -0.4 is 5.32 Å². The maximum Gasteiger partial charge on any atom is 0.407 e. The van der Waals surface area contributed by atoms with Gasteiger partial charge in [0.15, 0.2) is 0 Å². The molecule has 0 bridgehead atoms. The SMILES string of the molecule is CCOC(=O)[C@](C)(COC)C[C@@H](Cc1ccc(-c2cc(Cl)ccc2F)cc1)NC(=O)OC(C)(C)C. The number of carbonyl (C=O) groups is 2. The lowest BCUT2D eigenvalue weighted by molar-refractivity contribution is -0.158. The van der Waals surface area contributed by atoms with Crippen molar-refractivity contribution in [3.05, 3.63) is 58.9 Å². The van der Waals surface area contributed by atoms with Crippen LogP contribution in [0.5, 0.6) is 0 Å². The summed E-state index contributed by atoms with van der Waals surface area (Å²) in [6, 6.07) is 11.3. The summed E-state index contributed by atoms with van der Waals surface area (Å²) in [5.41, 5.74) is 0.326. The minimum absolute atomic E-state index is 0.130. The molecule has 8 heteroatoms. The van der Waals surface area contributed by atoms with Gasteiger partial charge in [0.2, 0.25) is 0 Å². The molecule has 0 aliphatic rings. The van der Waals surface area contributed by atoms with E-state index >= 15 is 0 Å². The van der Waals surface area contributed by atoms with Gasteiger partial charge < -0.3 is 19.5 Å². The lowest BCUT2D eigenvalue weighted by atomic mass is 9.82. The van der Waals surface area contributed by atoms with Crippen molar-refractivity contribution in [3.8, 4) is 11.1 Å². The second kappa shape index (κ2) is 12.4. The minimum atomic E-state index is -0.978. The van der Waals surface area contributed by atoms with Gasteiger partial charge in [-0.25, -0.2) is 9.18 Å². The zero-order chi connectivity index (χ0) is 26.2. The van der Waals surface area contributed by atoms with Crippen molar-refractivity contribution in [2.45, 2.75) is 59.1 Å². The summed E-state index contributed by atoms with van der Waals surface area (Å²) in [4.78, 5) is 25.3. The van der Waals surface area contributed by atoms with Crippen LogP contribution in [0.4, 0.5) is 9.18 Å². The third-order valence-corrected chi connectivity index (χ3v) is 5.56. The van der Waals surface area contributed by atoms with E-state index in [9.17, 15) is 14.0 Å². The molecule has 0 spiro atoms. The van der Waals surface area contributed by atoms with E-state index in [2.05, 4.69) is 5.32 Å². The van der Waals surface area contributed by atoms with Crippen molar-refractivity contribution in [1.82, 2.24) is 5.32 Å². The summed E-state index contributed by atoms with van der Waals surface area (Å²) in [6.45, 7) is 9.21. The van der Waals surface area contributed by atoms with Crippen LogP contribution in [-0.4, -0.2) is 44.0 Å². The van der Waals surface area contributed by atoms with Crippen LogP contribution in [0.1, 0.15) is 46.6 Å². The fourth-order valence-electron chi connectivity index (χ4n) is 3.84. The van der Waals surface area contributed by atoms with Gasteiger partial charge in [-0.3, -0.25) is 4.79 Å². The maximum atomic E-state index is 14.3. The highest BCUT2D eigenvalue weighted by atomic mass is 35.5. The number of nitrogens with one attached hydrogen (secondary N) is 1. The lowest BCUT2D eigenvalue weighted by Gasteiger charge is -2.31. The lowest BCUT2D eigenvalue weighted by Crippen LogP contribution is -2.46. The van der Waals surface area contributed by atoms with Gasteiger partial charge in [-0.2, -0.15) is 0 Å². The number of carbonyl (C=O) groups excluding carboxylic acids is 2. The third-order valence-electron chi connectivity index (χ3n) is 5.32. The minimum Gasteiger partial charge on any atom is -0.466 e. The standard InChI is InChI=1S/C27H35ClFNO5/c1-7-34-24(31)27(5,17-33-6)16-21(30-25(32)35-26(2,3)4)14-18-8-10-19(11-9-18)22-15-20(28)12-13-23(22)29/h8-13,15,21H,7,14,16-17H2,1-6H3,(H,30,32)/t21-,27+/m1/s1. The molecule has 2 rings (SSSR count). The summed E-state index contributed by atoms with van der Waals surface area (Å²) in [7, 11) is 1.52. The van der Waals surface area contributed by atoms with Crippen LogP contribution in [-0.2, 0) is 25.4 Å². The van der Waals surface area contributed by atoms with Crippen molar-refractivity contribution >= 4 is 23.7 Å². The Morgan fingerprint density at radius 2 is 1.74 bits per heavy atom. The van der Waals surface area contributed by atoms with Crippen molar-refractivity contribution in [1.29, 1.82) is 0 Å². The number of esters is 1. The highest BCUT2D eigenvalue weighted by Gasteiger charge is 2.38. The van der Waals surface area contributed by atoms with Crippen LogP contribution in [0.25, 0.3) is 11.1 Å². The first-order valence-electron chi connectivity index (χ1n) is 11.6. The molecular formula is C27H35ClFNO5. The molecule has 2 aromatic carbocycles. The Morgan fingerprint density at radius 3 is 2.31 bits per heavy atom. The van der Waals surface area contributed by atoms with Crippen LogP contribution in [0, 0.1) is 11.2 Å². The third kappa shape index (κ3) is 8.82. The number of halogens is 2. The topological polar surface area (TPSA) is 73.9 Å². The highest BCUT2D eigenvalue weighted by Crippen LogP contribution is 2.29. The van der Waals surface area contributed by atoms with E-state index in [-0.39, 0.29) is 25.5 Å². The second-order valence-electron chi connectivity index (χ2n) is 9.79. The molecule has 1 amide bonds. The van der Waals surface area contributed by atoms with Crippen molar-refractivity contribution in [2.75, 3.05) is 20.3 Å². The Labute approximate surface area is 212 Å². The maximum absolute atomic E-state index is 14.3. The molecule has 2 aromatic rings. The number of alkyl carbamates (subject to hydrolysis) is 1. The Morgan fingerprint density at radius 1 is 1.09 bits per heavy atom. The molecule has 0 saturated heterocycles. The van der Waals surface area contributed by atoms with E-state index in [4.69, 9.17) is 25.8 Å².